The molecule has 4 heteroatoms. The highest BCUT2D eigenvalue weighted by Gasteiger charge is 2.39. The fourth-order valence-corrected chi connectivity index (χ4v) is 3.48. The molecule has 1 nitrogen and oxygen atoms in total. The third kappa shape index (κ3) is 1.34. The maximum atomic E-state index is 10.6. The van der Waals surface area contributed by atoms with E-state index in [1.165, 1.54) is 0 Å². The maximum absolute atomic E-state index is 10.6. The first-order valence-electron chi connectivity index (χ1n) is 2.40. The monoisotopic (exact) mass is 171 g/mol. The highest BCUT2D eigenvalue weighted by Crippen LogP contribution is 2.37. The van der Waals surface area contributed by atoms with Gasteiger partial charge in [0, 0.05) is 0 Å². The molecule has 2 unspecified atom stereocenters. The third-order valence-corrected chi connectivity index (χ3v) is 4.23. The number of rotatable bonds is 0. The van der Waals surface area contributed by atoms with Gasteiger partial charge in [-0.05, 0) is 0 Å². The van der Waals surface area contributed by atoms with Gasteiger partial charge in [-0.3, -0.25) is 0 Å². The number of hydrogen-bond donors (Lipinski definition) is 0. The molecule has 0 aromatic rings. The fourth-order valence-electron chi connectivity index (χ4n) is 0.692. The Labute approximate surface area is 59.1 Å². The van der Waals surface area contributed by atoms with Crippen LogP contribution in [-0.2, 0) is 4.57 Å². The first kappa shape index (κ1) is 6.80. The van der Waals surface area contributed by atoms with E-state index in [1.807, 2.05) is 0 Å². The van der Waals surface area contributed by atoms with Crippen LogP contribution in [0, 0.1) is 0 Å². The molecule has 2 atom stereocenters. The number of alkyl halides is 2. The molecule has 1 aliphatic rings. The average Bonchev–Trinajstić information content (AvgIpc) is 1.85. The lowest BCUT2D eigenvalue weighted by Crippen LogP contribution is -2.09. The zero-order valence-corrected chi connectivity index (χ0v) is 6.59. The van der Waals surface area contributed by atoms with Crippen LogP contribution in [0.3, 0.4) is 0 Å². The second-order valence-corrected chi connectivity index (χ2v) is 4.69. The Morgan fingerprint density at radius 2 is 1.62 bits per heavy atom. The van der Waals surface area contributed by atoms with Crippen LogP contribution in [0.2, 0.25) is 0 Å². The number of hydrogen-bond acceptors (Lipinski definition) is 1. The molecule has 1 heterocycles. The highest BCUT2D eigenvalue weighted by atomic mass is 35.5. The largest absolute Gasteiger partial charge is 0.341 e. The standard InChI is InChI=1S/C4H6Cl2OP/c5-3-1-8(7)2-4(3)6/h3-4H,1-2H2/q+1. The van der Waals surface area contributed by atoms with Gasteiger partial charge in [0.25, 0.3) is 0 Å². The molecule has 0 bridgehead atoms. The minimum Gasteiger partial charge on any atom is -0.117 e. The van der Waals surface area contributed by atoms with Gasteiger partial charge >= 0.3 is 7.80 Å². The summed E-state index contributed by atoms with van der Waals surface area (Å²) in [5.41, 5.74) is 0. The summed E-state index contributed by atoms with van der Waals surface area (Å²) >= 11 is 11.3. The Morgan fingerprint density at radius 1 is 1.25 bits per heavy atom. The van der Waals surface area contributed by atoms with E-state index in [0.717, 1.165) is 0 Å². The molecule has 1 rings (SSSR count). The molecule has 46 valence electrons. The van der Waals surface area contributed by atoms with Gasteiger partial charge in [-0.1, -0.05) is 4.57 Å². The summed E-state index contributed by atoms with van der Waals surface area (Å²) < 4.78 is 10.6. The van der Waals surface area contributed by atoms with E-state index in [9.17, 15) is 4.57 Å². The highest BCUT2D eigenvalue weighted by molar-refractivity contribution is 7.45. The van der Waals surface area contributed by atoms with Gasteiger partial charge in [0.2, 0.25) is 0 Å². The molecule has 0 aromatic heterocycles. The van der Waals surface area contributed by atoms with Crippen LogP contribution in [0.5, 0.6) is 0 Å². The zero-order valence-electron chi connectivity index (χ0n) is 4.18. The van der Waals surface area contributed by atoms with E-state index < -0.39 is 7.80 Å². The van der Waals surface area contributed by atoms with E-state index >= 15 is 0 Å². The summed E-state index contributed by atoms with van der Waals surface area (Å²) in [6, 6.07) is 0. The molecule has 1 aliphatic heterocycles. The smallest absolute Gasteiger partial charge is 0.117 e. The lowest BCUT2D eigenvalue weighted by atomic mass is 10.4. The molecule has 1 fully saturated rings. The van der Waals surface area contributed by atoms with E-state index in [1.54, 1.807) is 0 Å². The van der Waals surface area contributed by atoms with E-state index in [4.69, 9.17) is 23.2 Å². The third-order valence-electron chi connectivity index (χ3n) is 1.15. The quantitative estimate of drug-likeness (QED) is 0.403. The lowest BCUT2D eigenvalue weighted by molar-refractivity contribution is 0.591. The van der Waals surface area contributed by atoms with Crippen LogP contribution in [0.1, 0.15) is 0 Å². The molecule has 0 amide bonds. The van der Waals surface area contributed by atoms with Crippen LogP contribution in [0.25, 0.3) is 0 Å². The van der Waals surface area contributed by atoms with Gasteiger partial charge in [-0.25, -0.2) is 0 Å². The van der Waals surface area contributed by atoms with Crippen molar-refractivity contribution in [2.75, 3.05) is 12.3 Å². The summed E-state index contributed by atoms with van der Waals surface area (Å²) in [6.45, 7) is 0. The van der Waals surface area contributed by atoms with Crippen LogP contribution in [0.4, 0.5) is 0 Å². The summed E-state index contributed by atoms with van der Waals surface area (Å²) in [6.07, 6.45) is 1.20. The van der Waals surface area contributed by atoms with Crippen molar-refractivity contribution in [2.24, 2.45) is 0 Å². The van der Waals surface area contributed by atoms with Crippen molar-refractivity contribution in [2.45, 2.75) is 10.8 Å². The molecule has 0 spiro atoms. The van der Waals surface area contributed by atoms with Gasteiger partial charge in [0.05, 0.1) is 10.8 Å². The molecule has 0 N–H and O–H groups in total. The molecule has 1 saturated heterocycles. The van der Waals surface area contributed by atoms with Crippen LogP contribution < -0.4 is 0 Å². The Morgan fingerprint density at radius 3 is 1.75 bits per heavy atom. The van der Waals surface area contributed by atoms with E-state index in [-0.39, 0.29) is 10.8 Å². The molecule has 0 aliphatic carbocycles. The molecule has 0 saturated carbocycles. The molecule has 0 radical (unpaired) electrons. The van der Waals surface area contributed by atoms with E-state index in [0.29, 0.717) is 12.3 Å². The Balaban J connectivity index is 2.51. The Bertz CT molecular complexity index is 105. The predicted molar refractivity (Wildman–Crippen MR) is 36.6 cm³/mol. The predicted octanol–water partition coefficient (Wildman–Crippen LogP) is 2.04. The van der Waals surface area contributed by atoms with Gasteiger partial charge in [0.15, 0.2) is 12.3 Å². The molecular formula is C4H6Cl2OP+. The Kier molecular flexibility index (Phi) is 2.13. The average molecular weight is 172 g/mol. The molecular weight excluding hydrogens is 166 g/mol. The van der Waals surface area contributed by atoms with Crippen LogP contribution in [0.15, 0.2) is 0 Å². The topological polar surface area (TPSA) is 17.1 Å². The first-order valence-corrected chi connectivity index (χ1v) is 4.90. The van der Waals surface area contributed by atoms with Crippen molar-refractivity contribution < 1.29 is 4.57 Å². The second-order valence-electron chi connectivity index (χ2n) is 1.88. The van der Waals surface area contributed by atoms with Gasteiger partial charge in [-0.15, -0.1) is 23.2 Å². The minimum absolute atomic E-state index is 0.0553. The SMILES string of the molecule is O=[P+]1CC(Cl)C(Cl)C1. The van der Waals surface area contributed by atoms with Crippen molar-refractivity contribution >= 4 is 31.0 Å². The summed E-state index contributed by atoms with van der Waals surface area (Å²) in [5.74, 6) is 0. The second kappa shape index (κ2) is 2.51. The van der Waals surface area contributed by atoms with Crippen LogP contribution >= 0.6 is 31.0 Å². The lowest BCUT2D eigenvalue weighted by Gasteiger charge is -1.93. The van der Waals surface area contributed by atoms with Gasteiger partial charge in [0.1, 0.15) is 0 Å². The van der Waals surface area contributed by atoms with Crippen molar-refractivity contribution in [3.63, 3.8) is 0 Å². The number of halogens is 2. The summed E-state index contributed by atoms with van der Waals surface area (Å²) in [5, 5.41) is -0.111. The van der Waals surface area contributed by atoms with Crippen LogP contribution in [-0.4, -0.2) is 23.1 Å². The zero-order chi connectivity index (χ0) is 6.15. The summed E-state index contributed by atoms with van der Waals surface area (Å²) in [7, 11) is -1.06. The summed E-state index contributed by atoms with van der Waals surface area (Å²) in [4.78, 5) is 0. The normalized spacial score (nSPS) is 43.0. The molecule has 8 heavy (non-hydrogen) atoms. The first-order chi connectivity index (χ1) is 3.70. The van der Waals surface area contributed by atoms with Gasteiger partial charge < -0.3 is 0 Å². The minimum atomic E-state index is -1.06. The van der Waals surface area contributed by atoms with E-state index in [2.05, 4.69) is 0 Å². The van der Waals surface area contributed by atoms with Crippen molar-refractivity contribution in [1.29, 1.82) is 0 Å². The van der Waals surface area contributed by atoms with Crippen molar-refractivity contribution in [3.8, 4) is 0 Å². The van der Waals surface area contributed by atoms with Crippen molar-refractivity contribution in [3.05, 3.63) is 0 Å². The fraction of sp³-hybridized carbons (Fsp3) is 1.00. The molecule has 0 aromatic carbocycles. The van der Waals surface area contributed by atoms with Crippen molar-refractivity contribution in [1.82, 2.24) is 0 Å². The Hall–Kier alpha value is 0.680. The maximum Gasteiger partial charge on any atom is 0.341 e. The van der Waals surface area contributed by atoms with Gasteiger partial charge in [-0.2, -0.15) is 0 Å².